The van der Waals surface area contributed by atoms with Crippen LogP contribution in [0.25, 0.3) is 0 Å². The molecule has 0 aliphatic rings. The minimum Gasteiger partial charge on any atom is -0.493 e. The van der Waals surface area contributed by atoms with Crippen LogP contribution in [0.1, 0.15) is 17.5 Å². The van der Waals surface area contributed by atoms with Crippen LogP contribution >= 0.6 is 11.6 Å². The molecule has 21 heavy (non-hydrogen) atoms. The fourth-order valence-corrected chi connectivity index (χ4v) is 1.89. The van der Waals surface area contributed by atoms with E-state index in [0.29, 0.717) is 18.8 Å². The molecule has 4 heteroatoms. The topological polar surface area (TPSA) is 42.2 Å². The van der Waals surface area contributed by atoms with Gasteiger partial charge in [0, 0.05) is 11.4 Å². The van der Waals surface area contributed by atoms with E-state index >= 15 is 0 Å². The van der Waals surface area contributed by atoms with Crippen molar-refractivity contribution in [3.63, 3.8) is 0 Å². The van der Waals surface area contributed by atoms with Crippen molar-refractivity contribution < 1.29 is 9.47 Å². The lowest BCUT2D eigenvalue weighted by Gasteiger charge is -2.09. The SMILES string of the molecule is Cc1cc(OCCCOc2ccc(C#N)cc2)ccc1Cl. The van der Waals surface area contributed by atoms with Crippen molar-refractivity contribution in [1.82, 2.24) is 0 Å². The second-order valence-corrected chi connectivity index (χ2v) is 5.00. The predicted molar refractivity (Wildman–Crippen MR) is 83.0 cm³/mol. The molecule has 0 N–H and O–H groups in total. The molecule has 0 aliphatic carbocycles. The molecule has 0 fully saturated rings. The van der Waals surface area contributed by atoms with Crippen LogP contribution in [0.5, 0.6) is 11.5 Å². The molecule has 0 spiro atoms. The van der Waals surface area contributed by atoms with Crippen LogP contribution in [0.2, 0.25) is 5.02 Å². The largest absolute Gasteiger partial charge is 0.493 e. The number of rotatable bonds is 6. The highest BCUT2D eigenvalue weighted by Gasteiger charge is 1.99. The third-order valence-electron chi connectivity index (χ3n) is 2.94. The van der Waals surface area contributed by atoms with Crippen LogP contribution in [0.3, 0.4) is 0 Å². The van der Waals surface area contributed by atoms with Crippen LogP contribution in [0.15, 0.2) is 42.5 Å². The monoisotopic (exact) mass is 301 g/mol. The Labute approximate surface area is 129 Å². The summed E-state index contributed by atoms with van der Waals surface area (Å²) >= 11 is 5.96. The molecule has 0 saturated heterocycles. The van der Waals surface area contributed by atoms with Gasteiger partial charge in [-0.2, -0.15) is 5.26 Å². The number of nitrogens with zero attached hydrogens (tertiary/aromatic N) is 1. The summed E-state index contributed by atoms with van der Waals surface area (Å²) in [5.74, 6) is 1.58. The first-order chi connectivity index (χ1) is 10.2. The standard InChI is InChI=1S/C17H16ClNO2/c1-13-11-16(7-8-17(13)18)21-10-2-9-20-15-5-3-14(12-19)4-6-15/h3-8,11H,2,9-10H2,1H3. The first-order valence-corrected chi connectivity index (χ1v) is 7.09. The molecule has 0 heterocycles. The van der Waals surface area contributed by atoms with E-state index in [1.165, 1.54) is 0 Å². The first kappa shape index (κ1) is 15.2. The number of hydrogen-bond acceptors (Lipinski definition) is 3. The lowest BCUT2D eigenvalue weighted by Crippen LogP contribution is -2.05. The number of ether oxygens (including phenoxy) is 2. The van der Waals surface area contributed by atoms with Crippen LogP contribution in [-0.4, -0.2) is 13.2 Å². The van der Waals surface area contributed by atoms with Crippen molar-refractivity contribution in [1.29, 1.82) is 5.26 Å². The number of halogens is 1. The fraction of sp³-hybridized carbons (Fsp3) is 0.235. The highest BCUT2D eigenvalue weighted by atomic mass is 35.5. The minimum absolute atomic E-state index is 0.568. The Morgan fingerprint density at radius 2 is 1.62 bits per heavy atom. The van der Waals surface area contributed by atoms with E-state index in [9.17, 15) is 0 Å². The molecule has 0 unspecified atom stereocenters. The van der Waals surface area contributed by atoms with Gasteiger partial charge >= 0.3 is 0 Å². The molecule has 108 valence electrons. The van der Waals surface area contributed by atoms with Gasteiger partial charge in [-0.15, -0.1) is 0 Å². The summed E-state index contributed by atoms with van der Waals surface area (Å²) in [4.78, 5) is 0. The maximum absolute atomic E-state index is 8.70. The average molecular weight is 302 g/mol. The van der Waals surface area contributed by atoms with Crippen molar-refractivity contribution in [3.05, 3.63) is 58.6 Å². The van der Waals surface area contributed by atoms with E-state index in [1.54, 1.807) is 24.3 Å². The first-order valence-electron chi connectivity index (χ1n) is 6.71. The molecule has 0 aromatic heterocycles. The second kappa shape index (κ2) is 7.56. The molecular weight excluding hydrogens is 286 g/mol. The highest BCUT2D eigenvalue weighted by Crippen LogP contribution is 2.21. The van der Waals surface area contributed by atoms with Crippen LogP contribution in [-0.2, 0) is 0 Å². The van der Waals surface area contributed by atoms with E-state index in [4.69, 9.17) is 26.3 Å². The van der Waals surface area contributed by atoms with Crippen LogP contribution in [0, 0.1) is 18.3 Å². The van der Waals surface area contributed by atoms with Crippen molar-refractivity contribution in [2.75, 3.05) is 13.2 Å². The van der Waals surface area contributed by atoms with E-state index in [1.807, 2.05) is 25.1 Å². The molecule has 2 aromatic rings. The average Bonchev–Trinajstić information content (AvgIpc) is 2.51. The molecule has 0 aliphatic heterocycles. The van der Waals surface area contributed by atoms with Gasteiger partial charge in [-0.25, -0.2) is 0 Å². The molecular formula is C17H16ClNO2. The lowest BCUT2D eigenvalue weighted by molar-refractivity contribution is 0.247. The fourth-order valence-electron chi connectivity index (χ4n) is 1.77. The number of hydrogen-bond donors (Lipinski definition) is 0. The quantitative estimate of drug-likeness (QED) is 0.744. The van der Waals surface area contributed by atoms with Gasteiger partial charge in [0.25, 0.3) is 0 Å². The minimum atomic E-state index is 0.568. The van der Waals surface area contributed by atoms with Gasteiger partial charge < -0.3 is 9.47 Å². The molecule has 2 aromatic carbocycles. The molecule has 0 bridgehead atoms. The number of nitriles is 1. The van der Waals surface area contributed by atoms with Gasteiger partial charge in [-0.05, 0) is 55.0 Å². The molecule has 3 nitrogen and oxygen atoms in total. The Bertz CT molecular complexity index is 632. The molecule has 0 atom stereocenters. The lowest BCUT2D eigenvalue weighted by atomic mass is 10.2. The van der Waals surface area contributed by atoms with E-state index in [2.05, 4.69) is 6.07 Å². The Morgan fingerprint density at radius 3 is 2.24 bits per heavy atom. The maximum Gasteiger partial charge on any atom is 0.119 e. The zero-order valence-electron chi connectivity index (χ0n) is 11.8. The summed E-state index contributed by atoms with van der Waals surface area (Å²) < 4.78 is 11.2. The third-order valence-corrected chi connectivity index (χ3v) is 3.36. The van der Waals surface area contributed by atoms with Crippen molar-refractivity contribution in [2.45, 2.75) is 13.3 Å². The summed E-state index contributed by atoms with van der Waals surface area (Å²) in [6, 6.07) is 14.7. The van der Waals surface area contributed by atoms with Crippen LogP contribution in [0.4, 0.5) is 0 Å². The van der Waals surface area contributed by atoms with Crippen LogP contribution < -0.4 is 9.47 Å². The summed E-state index contributed by atoms with van der Waals surface area (Å²) in [6.07, 6.45) is 0.779. The van der Waals surface area contributed by atoms with Crippen molar-refractivity contribution >= 4 is 11.6 Å². The Morgan fingerprint density at radius 1 is 1.00 bits per heavy atom. The van der Waals surface area contributed by atoms with E-state index in [-0.39, 0.29) is 0 Å². The van der Waals surface area contributed by atoms with E-state index in [0.717, 1.165) is 28.5 Å². The normalized spacial score (nSPS) is 9.95. The van der Waals surface area contributed by atoms with Crippen molar-refractivity contribution in [3.8, 4) is 17.6 Å². The van der Waals surface area contributed by atoms with E-state index < -0.39 is 0 Å². The predicted octanol–water partition coefficient (Wildman–Crippen LogP) is 4.37. The van der Waals surface area contributed by atoms with Gasteiger partial charge in [0.15, 0.2) is 0 Å². The highest BCUT2D eigenvalue weighted by molar-refractivity contribution is 6.31. The molecule has 0 amide bonds. The Balaban J connectivity index is 1.69. The van der Waals surface area contributed by atoms with Gasteiger partial charge in [-0.3, -0.25) is 0 Å². The summed E-state index contributed by atoms with van der Waals surface area (Å²) in [5.41, 5.74) is 1.63. The summed E-state index contributed by atoms with van der Waals surface area (Å²) in [7, 11) is 0. The summed E-state index contributed by atoms with van der Waals surface area (Å²) in [6.45, 7) is 3.10. The number of benzene rings is 2. The van der Waals surface area contributed by atoms with Gasteiger partial charge in [0.05, 0.1) is 24.8 Å². The van der Waals surface area contributed by atoms with Gasteiger partial charge in [0.2, 0.25) is 0 Å². The van der Waals surface area contributed by atoms with Crippen molar-refractivity contribution in [2.24, 2.45) is 0 Å². The maximum atomic E-state index is 8.70. The number of aryl methyl sites for hydroxylation is 1. The second-order valence-electron chi connectivity index (χ2n) is 4.60. The third kappa shape index (κ3) is 4.70. The molecule has 0 radical (unpaired) electrons. The zero-order chi connectivity index (χ0) is 15.1. The Hall–Kier alpha value is -2.18. The summed E-state index contributed by atoms with van der Waals surface area (Å²) in [5, 5.41) is 9.45. The Kier molecular flexibility index (Phi) is 5.48. The smallest absolute Gasteiger partial charge is 0.119 e. The molecule has 2 rings (SSSR count). The molecule has 0 saturated carbocycles. The zero-order valence-corrected chi connectivity index (χ0v) is 12.6. The van der Waals surface area contributed by atoms with Gasteiger partial charge in [-0.1, -0.05) is 11.6 Å². The van der Waals surface area contributed by atoms with Gasteiger partial charge in [0.1, 0.15) is 11.5 Å².